The van der Waals surface area contributed by atoms with Crippen molar-refractivity contribution in [3.63, 3.8) is 0 Å². The van der Waals surface area contributed by atoms with Crippen molar-refractivity contribution in [3.8, 4) is 5.75 Å². The van der Waals surface area contributed by atoms with Gasteiger partial charge in [-0.2, -0.15) is 0 Å². The molecule has 1 unspecified atom stereocenters. The lowest BCUT2D eigenvalue weighted by atomic mass is 9.98. The van der Waals surface area contributed by atoms with E-state index in [1.165, 1.54) is 19.2 Å². The van der Waals surface area contributed by atoms with Gasteiger partial charge in [0.15, 0.2) is 0 Å². The SMILES string of the molecule is COc1cc(F)ccc1N1CCC(=O)C(C)C1. The minimum Gasteiger partial charge on any atom is -0.494 e. The Kier molecular flexibility index (Phi) is 3.31. The number of carbonyl (C=O) groups is 1. The second-order valence-corrected chi connectivity index (χ2v) is 4.38. The normalized spacial score (nSPS) is 20.5. The van der Waals surface area contributed by atoms with Gasteiger partial charge in [0.1, 0.15) is 17.3 Å². The lowest BCUT2D eigenvalue weighted by molar-refractivity contribution is -0.122. The molecule has 1 fully saturated rings. The topological polar surface area (TPSA) is 29.5 Å². The van der Waals surface area contributed by atoms with E-state index in [2.05, 4.69) is 4.90 Å². The van der Waals surface area contributed by atoms with Crippen LogP contribution >= 0.6 is 0 Å². The van der Waals surface area contributed by atoms with Crippen LogP contribution in [0.4, 0.5) is 10.1 Å². The highest BCUT2D eigenvalue weighted by atomic mass is 19.1. The molecule has 0 radical (unpaired) electrons. The molecule has 1 atom stereocenters. The van der Waals surface area contributed by atoms with Crippen molar-refractivity contribution in [2.45, 2.75) is 13.3 Å². The van der Waals surface area contributed by atoms with Crippen LogP contribution in [0.5, 0.6) is 5.75 Å². The fraction of sp³-hybridized carbons (Fsp3) is 0.462. The zero-order valence-electron chi connectivity index (χ0n) is 10.1. The molecule has 1 aromatic rings. The number of hydrogen-bond acceptors (Lipinski definition) is 3. The van der Waals surface area contributed by atoms with Gasteiger partial charge in [0.25, 0.3) is 0 Å². The lowest BCUT2D eigenvalue weighted by Crippen LogP contribution is -2.39. The van der Waals surface area contributed by atoms with E-state index in [9.17, 15) is 9.18 Å². The van der Waals surface area contributed by atoms with Crippen LogP contribution in [-0.2, 0) is 4.79 Å². The third-order valence-electron chi connectivity index (χ3n) is 3.15. The van der Waals surface area contributed by atoms with Crippen molar-refractivity contribution in [2.24, 2.45) is 5.92 Å². The summed E-state index contributed by atoms with van der Waals surface area (Å²) in [6.45, 7) is 3.26. The lowest BCUT2D eigenvalue weighted by Gasteiger charge is -2.32. The molecule has 17 heavy (non-hydrogen) atoms. The van der Waals surface area contributed by atoms with E-state index < -0.39 is 0 Å². The molecule has 0 amide bonds. The van der Waals surface area contributed by atoms with E-state index in [1.807, 2.05) is 6.92 Å². The summed E-state index contributed by atoms with van der Waals surface area (Å²) < 4.78 is 18.3. The number of halogens is 1. The van der Waals surface area contributed by atoms with E-state index in [4.69, 9.17) is 4.74 Å². The molecule has 1 aliphatic rings. The molecule has 3 nitrogen and oxygen atoms in total. The molecule has 0 aliphatic carbocycles. The Morgan fingerprint density at radius 2 is 2.24 bits per heavy atom. The third kappa shape index (κ3) is 2.40. The van der Waals surface area contributed by atoms with Gasteiger partial charge in [0.2, 0.25) is 0 Å². The van der Waals surface area contributed by atoms with Crippen LogP contribution in [-0.4, -0.2) is 26.0 Å². The second-order valence-electron chi connectivity index (χ2n) is 4.38. The Labute approximate surface area is 100 Å². The van der Waals surface area contributed by atoms with Crippen LogP contribution in [0.1, 0.15) is 13.3 Å². The molecule has 1 saturated heterocycles. The number of anilines is 1. The van der Waals surface area contributed by atoms with Crippen molar-refractivity contribution in [1.29, 1.82) is 0 Å². The summed E-state index contributed by atoms with van der Waals surface area (Å²) in [5, 5.41) is 0. The van der Waals surface area contributed by atoms with Gasteiger partial charge in [-0.1, -0.05) is 6.92 Å². The van der Waals surface area contributed by atoms with Gasteiger partial charge in [0.05, 0.1) is 12.8 Å². The molecule has 1 aliphatic heterocycles. The summed E-state index contributed by atoms with van der Waals surface area (Å²) >= 11 is 0. The standard InChI is InChI=1S/C13H16FNO2/c1-9-8-15(6-5-12(9)16)11-4-3-10(14)7-13(11)17-2/h3-4,7,9H,5-6,8H2,1-2H3. The number of Topliss-reactive ketones (excluding diaryl/α,β-unsaturated/α-hetero) is 1. The maximum atomic E-state index is 13.1. The molecule has 0 saturated carbocycles. The zero-order valence-corrected chi connectivity index (χ0v) is 10.1. The summed E-state index contributed by atoms with van der Waals surface area (Å²) in [5.41, 5.74) is 0.855. The summed E-state index contributed by atoms with van der Waals surface area (Å²) in [7, 11) is 1.52. The number of ketones is 1. The quantitative estimate of drug-likeness (QED) is 0.790. The number of piperidine rings is 1. The maximum absolute atomic E-state index is 13.1. The van der Waals surface area contributed by atoms with E-state index in [0.717, 1.165) is 5.69 Å². The first kappa shape index (κ1) is 11.9. The van der Waals surface area contributed by atoms with Crippen molar-refractivity contribution in [1.82, 2.24) is 0 Å². The Balaban J connectivity index is 2.25. The molecule has 0 aromatic heterocycles. The molecule has 0 spiro atoms. The van der Waals surface area contributed by atoms with Gasteiger partial charge in [-0.05, 0) is 12.1 Å². The Hall–Kier alpha value is -1.58. The van der Waals surface area contributed by atoms with E-state index in [-0.39, 0.29) is 11.7 Å². The molecule has 2 rings (SSSR count). The molecular weight excluding hydrogens is 221 g/mol. The predicted octanol–water partition coefficient (Wildman–Crippen LogP) is 2.25. The van der Waals surface area contributed by atoms with Gasteiger partial charge >= 0.3 is 0 Å². The molecule has 92 valence electrons. The van der Waals surface area contributed by atoms with Crippen LogP contribution in [0.3, 0.4) is 0 Å². The molecular formula is C13H16FNO2. The Bertz CT molecular complexity index is 433. The number of carbonyl (C=O) groups excluding carboxylic acids is 1. The minimum atomic E-state index is -0.313. The number of hydrogen-bond donors (Lipinski definition) is 0. The molecule has 0 N–H and O–H groups in total. The van der Waals surface area contributed by atoms with Crippen molar-refractivity contribution >= 4 is 11.5 Å². The van der Waals surface area contributed by atoms with Crippen LogP contribution in [0.25, 0.3) is 0 Å². The molecule has 0 bridgehead atoms. The first-order chi connectivity index (χ1) is 8.11. The van der Waals surface area contributed by atoms with E-state index in [0.29, 0.717) is 31.0 Å². The average Bonchev–Trinajstić information content (AvgIpc) is 2.32. The summed E-state index contributed by atoms with van der Waals surface area (Å²) in [4.78, 5) is 13.5. The van der Waals surface area contributed by atoms with Gasteiger partial charge in [0, 0.05) is 31.5 Å². The van der Waals surface area contributed by atoms with E-state index >= 15 is 0 Å². The number of nitrogens with zero attached hydrogens (tertiary/aromatic N) is 1. The molecule has 4 heteroatoms. The summed E-state index contributed by atoms with van der Waals surface area (Å²) in [5.74, 6) is 0.527. The summed E-state index contributed by atoms with van der Waals surface area (Å²) in [6, 6.07) is 4.49. The first-order valence-corrected chi connectivity index (χ1v) is 5.73. The highest BCUT2D eigenvalue weighted by Gasteiger charge is 2.25. The predicted molar refractivity (Wildman–Crippen MR) is 64.0 cm³/mol. The second kappa shape index (κ2) is 4.73. The number of ether oxygens (including phenoxy) is 1. The maximum Gasteiger partial charge on any atom is 0.145 e. The monoisotopic (exact) mass is 237 g/mol. The Morgan fingerprint density at radius 1 is 1.47 bits per heavy atom. The fourth-order valence-electron chi connectivity index (χ4n) is 2.15. The van der Waals surface area contributed by atoms with Crippen LogP contribution in [0.15, 0.2) is 18.2 Å². The zero-order chi connectivity index (χ0) is 12.4. The summed E-state index contributed by atoms with van der Waals surface area (Å²) in [6.07, 6.45) is 0.543. The molecule has 1 aromatic carbocycles. The molecule has 1 heterocycles. The fourth-order valence-corrected chi connectivity index (χ4v) is 2.15. The van der Waals surface area contributed by atoms with Gasteiger partial charge in [-0.15, -0.1) is 0 Å². The largest absolute Gasteiger partial charge is 0.494 e. The third-order valence-corrected chi connectivity index (χ3v) is 3.15. The van der Waals surface area contributed by atoms with Gasteiger partial charge in [-0.3, -0.25) is 4.79 Å². The average molecular weight is 237 g/mol. The van der Waals surface area contributed by atoms with Crippen LogP contribution in [0.2, 0.25) is 0 Å². The minimum absolute atomic E-state index is 0.0264. The number of methoxy groups -OCH3 is 1. The first-order valence-electron chi connectivity index (χ1n) is 5.73. The Morgan fingerprint density at radius 3 is 2.88 bits per heavy atom. The van der Waals surface area contributed by atoms with Gasteiger partial charge in [-0.25, -0.2) is 4.39 Å². The number of benzene rings is 1. The highest BCUT2D eigenvalue weighted by Crippen LogP contribution is 2.31. The smallest absolute Gasteiger partial charge is 0.145 e. The van der Waals surface area contributed by atoms with Crippen molar-refractivity contribution in [2.75, 3.05) is 25.1 Å². The van der Waals surface area contributed by atoms with Gasteiger partial charge < -0.3 is 9.64 Å². The van der Waals surface area contributed by atoms with Crippen molar-refractivity contribution in [3.05, 3.63) is 24.0 Å². The van der Waals surface area contributed by atoms with E-state index in [1.54, 1.807) is 6.07 Å². The van der Waals surface area contributed by atoms with Crippen molar-refractivity contribution < 1.29 is 13.9 Å². The van der Waals surface area contributed by atoms with Crippen LogP contribution in [0, 0.1) is 11.7 Å². The number of rotatable bonds is 2. The van der Waals surface area contributed by atoms with Crippen LogP contribution < -0.4 is 9.64 Å². The highest BCUT2D eigenvalue weighted by molar-refractivity contribution is 5.83.